The van der Waals surface area contributed by atoms with Crippen molar-refractivity contribution in [3.05, 3.63) is 90.0 Å². The first-order valence-electron chi connectivity index (χ1n) is 8.28. The SMILES string of the molecule is N#Cc1ccc(-c2ccc(OCC(=O)NCc3ccccc3)cc2)cc1. The lowest BCUT2D eigenvalue weighted by molar-refractivity contribution is -0.123. The number of carbonyl (C=O) groups excluding carboxylic acids is 1. The fourth-order valence-electron chi connectivity index (χ4n) is 2.48. The molecule has 0 spiro atoms. The van der Waals surface area contributed by atoms with E-state index in [0.717, 1.165) is 16.7 Å². The van der Waals surface area contributed by atoms with Crippen LogP contribution in [0.5, 0.6) is 5.75 Å². The lowest BCUT2D eigenvalue weighted by Crippen LogP contribution is -2.28. The summed E-state index contributed by atoms with van der Waals surface area (Å²) in [7, 11) is 0. The molecule has 0 aromatic heterocycles. The zero-order chi connectivity index (χ0) is 18.2. The third-order valence-electron chi connectivity index (χ3n) is 3.90. The number of carbonyl (C=O) groups is 1. The van der Waals surface area contributed by atoms with Gasteiger partial charge in [-0.05, 0) is 41.0 Å². The second kappa shape index (κ2) is 8.50. The largest absolute Gasteiger partial charge is 0.484 e. The van der Waals surface area contributed by atoms with Gasteiger partial charge in [-0.1, -0.05) is 54.6 Å². The van der Waals surface area contributed by atoms with Crippen LogP contribution in [0.3, 0.4) is 0 Å². The van der Waals surface area contributed by atoms with Gasteiger partial charge in [-0.3, -0.25) is 4.79 Å². The minimum Gasteiger partial charge on any atom is -0.484 e. The summed E-state index contributed by atoms with van der Waals surface area (Å²) < 4.78 is 5.53. The molecule has 128 valence electrons. The second-order valence-electron chi connectivity index (χ2n) is 5.76. The Kier molecular flexibility index (Phi) is 5.64. The molecule has 0 atom stereocenters. The van der Waals surface area contributed by atoms with E-state index in [-0.39, 0.29) is 12.5 Å². The van der Waals surface area contributed by atoms with Crippen molar-refractivity contribution in [2.75, 3.05) is 6.61 Å². The quantitative estimate of drug-likeness (QED) is 0.738. The van der Waals surface area contributed by atoms with Crippen LogP contribution in [0.4, 0.5) is 0 Å². The molecule has 0 aliphatic carbocycles. The van der Waals surface area contributed by atoms with Crippen LogP contribution in [-0.2, 0) is 11.3 Å². The van der Waals surface area contributed by atoms with Crippen LogP contribution in [0.25, 0.3) is 11.1 Å². The number of hydrogen-bond acceptors (Lipinski definition) is 3. The lowest BCUT2D eigenvalue weighted by atomic mass is 10.0. The van der Waals surface area contributed by atoms with Crippen molar-refractivity contribution >= 4 is 5.91 Å². The number of amides is 1. The van der Waals surface area contributed by atoms with E-state index in [9.17, 15) is 4.79 Å². The summed E-state index contributed by atoms with van der Waals surface area (Å²) in [5, 5.41) is 11.7. The molecule has 1 amide bonds. The first kappa shape index (κ1) is 17.2. The Labute approximate surface area is 152 Å². The highest BCUT2D eigenvalue weighted by atomic mass is 16.5. The summed E-state index contributed by atoms with van der Waals surface area (Å²) in [4.78, 5) is 11.9. The van der Waals surface area contributed by atoms with Crippen LogP contribution in [0.1, 0.15) is 11.1 Å². The molecule has 0 aliphatic rings. The number of nitriles is 1. The Hall–Kier alpha value is -3.58. The molecule has 0 heterocycles. The number of rotatable bonds is 6. The molecule has 0 fully saturated rings. The van der Waals surface area contributed by atoms with E-state index in [2.05, 4.69) is 11.4 Å². The highest BCUT2D eigenvalue weighted by molar-refractivity contribution is 5.77. The molecule has 0 unspecified atom stereocenters. The van der Waals surface area contributed by atoms with E-state index in [1.165, 1.54) is 0 Å². The van der Waals surface area contributed by atoms with Crippen molar-refractivity contribution in [1.82, 2.24) is 5.32 Å². The first-order valence-corrected chi connectivity index (χ1v) is 8.28. The molecule has 0 saturated carbocycles. The zero-order valence-electron chi connectivity index (χ0n) is 14.2. The molecule has 4 heteroatoms. The average molecular weight is 342 g/mol. The maximum atomic E-state index is 11.9. The summed E-state index contributed by atoms with van der Waals surface area (Å²) in [6, 6.07) is 26.8. The van der Waals surface area contributed by atoms with Crippen LogP contribution in [0.15, 0.2) is 78.9 Å². The van der Waals surface area contributed by atoms with Gasteiger partial charge in [0.2, 0.25) is 0 Å². The zero-order valence-corrected chi connectivity index (χ0v) is 14.2. The molecule has 3 aromatic rings. The van der Waals surface area contributed by atoms with Gasteiger partial charge in [0.15, 0.2) is 6.61 Å². The highest BCUT2D eigenvalue weighted by Crippen LogP contribution is 2.22. The van der Waals surface area contributed by atoms with E-state index >= 15 is 0 Å². The van der Waals surface area contributed by atoms with Gasteiger partial charge >= 0.3 is 0 Å². The number of hydrogen-bond donors (Lipinski definition) is 1. The predicted octanol–water partition coefficient (Wildman–Crippen LogP) is 3.92. The molecule has 4 nitrogen and oxygen atoms in total. The third-order valence-corrected chi connectivity index (χ3v) is 3.90. The highest BCUT2D eigenvalue weighted by Gasteiger charge is 2.04. The van der Waals surface area contributed by atoms with Crippen molar-refractivity contribution in [3.63, 3.8) is 0 Å². The van der Waals surface area contributed by atoms with E-state index in [1.807, 2.05) is 66.7 Å². The van der Waals surface area contributed by atoms with Gasteiger partial charge in [0.05, 0.1) is 11.6 Å². The van der Waals surface area contributed by atoms with Crippen LogP contribution in [0.2, 0.25) is 0 Å². The monoisotopic (exact) mass is 342 g/mol. The average Bonchev–Trinajstić information content (AvgIpc) is 2.72. The van der Waals surface area contributed by atoms with Gasteiger partial charge in [0.1, 0.15) is 5.75 Å². The molecule has 0 bridgehead atoms. The normalized spacial score (nSPS) is 9.96. The van der Waals surface area contributed by atoms with E-state index in [1.54, 1.807) is 12.1 Å². The molecular formula is C22H18N2O2. The predicted molar refractivity (Wildman–Crippen MR) is 100 cm³/mol. The summed E-state index contributed by atoms with van der Waals surface area (Å²) in [6.45, 7) is 0.462. The fraction of sp³-hybridized carbons (Fsp3) is 0.0909. The van der Waals surface area contributed by atoms with Gasteiger partial charge in [-0.2, -0.15) is 5.26 Å². The summed E-state index contributed by atoms with van der Waals surface area (Å²) in [6.07, 6.45) is 0. The van der Waals surface area contributed by atoms with Gasteiger partial charge in [-0.15, -0.1) is 0 Å². The summed E-state index contributed by atoms with van der Waals surface area (Å²) in [5.74, 6) is 0.474. The first-order chi connectivity index (χ1) is 12.7. The van der Waals surface area contributed by atoms with Gasteiger partial charge < -0.3 is 10.1 Å². The van der Waals surface area contributed by atoms with Crippen molar-refractivity contribution in [1.29, 1.82) is 5.26 Å². The van der Waals surface area contributed by atoms with Crippen molar-refractivity contribution < 1.29 is 9.53 Å². The number of nitrogens with one attached hydrogen (secondary N) is 1. The number of nitrogens with zero attached hydrogens (tertiary/aromatic N) is 1. The minimum absolute atomic E-state index is 0.0248. The van der Waals surface area contributed by atoms with E-state index in [0.29, 0.717) is 17.9 Å². The molecular weight excluding hydrogens is 324 g/mol. The minimum atomic E-state index is -0.162. The molecule has 3 rings (SSSR count). The Morgan fingerprint density at radius 1 is 0.885 bits per heavy atom. The van der Waals surface area contributed by atoms with Gasteiger partial charge in [0, 0.05) is 6.54 Å². The molecule has 0 aliphatic heterocycles. The van der Waals surface area contributed by atoms with E-state index < -0.39 is 0 Å². The molecule has 1 N–H and O–H groups in total. The summed E-state index contributed by atoms with van der Waals surface area (Å²) in [5.41, 5.74) is 3.73. The molecule has 26 heavy (non-hydrogen) atoms. The number of ether oxygens (including phenoxy) is 1. The molecule has 0 saturated heterocycles. The van der Waals surface area contributed by atoms with Crippen molar-refractivity contribution in [3.8, 4) is 22.9 Å². The molecule has 3 aromatic carbocycles. The van der Waals surface area contributed by atoms with Crippen LogP contribution in [0, 0.1) is 11.3 Å². The Morgan fingerprint density at radius 3 is 2.12 bits per heavy atom. The Balaban J connectivity index is 1.51. The fourth-order valence-corrected chi connectivity index (χ4v) is 2.48. The van der Waals surface area contributed by atoms with E-state index in [4.69, 9.17) is 10.00 Å². The Morgan fingerprint density at radius 2 is 1.50 bits per heavy atom. The van der Waals surface area contributed by atoms with Crippen LogP contribution < -0.4 is 10.1 Å². The topological polar surface area (TPSA) is 62.1 Å². The Bertz CT molecular complexity index is 896. The smallest absolute Gasteiger partial charge is 0.258 e. The van der Waals surface area contributed by atoms with Crippen molar-refractivity contribution in [2.24, 2.45) is 0 Å². The second-order valence-corrected chi connectivity index (χ2v) is 5.76. The molecule has 0 radical (unpaired) electrons. The number of benzene rings is 3. The lowest BCUT2D eigenvalue weighted by Gasteiger charge is -2.08. The van der Waals surface area contributed by atoms with Crippen molar-refractivity contribution in [2.45, 2.75) is 6.54 Å². The maximum Gasteiger partial charge on any atom is 0.258 e. The maximum absolute atomic E-state index is 11.9. The van der Waals surface area contributed by atoms with Crippen LogP contribution in [-0.4, -0.2) is 12.5 Å². The third kappa shape index (κ3) is 4.71. The van der Waals surface area contributed by atoms with Crippen LogP contribution >= 0.6 is 0 Å². The summed E-state index contributed by atoms with van der Waals surface area (Å²) >= 11 is 0. The van der Waals surface area contributed by atoms with Gasteiger partial charge in [-0.25, -0.2) is 0 Å². The standard InChI is InChI=1S/C22H18N2O2/c23-14-17-6-8-19(9-7-17)20-10-12-21(13-11-20)26-16-22(25)24-15-18-4-2-1-3-5-18/h1-13H,15-16H2,(H,24,25). The van der Waals surface area contributed by atoms with Gasteiger partial charge in [0.25, 0.3) is 5.91 Å².